The summed E-state index contributed by atoms with van der Waals surface area (Å²) < 4.78 is 13.6. The molecule has 2 aliphatic carbocycles. The van der Waals surface area contributed by atoms with Gasteiger partial charge in [0.2, 0.25) is 0 Å². The van der Waals surface area contributed by atoms with Crippen LogP contribution in [0.25, 0.3) is 0 Å². The number of nitriles is 1. The van der Waals surface area contributed by atoms with Crippen molar-refractivity contribution in [1.82, 2.24) is 0 Å². The summed E-state index contributed by atoms with van der Waals surface area (Å²) in [6.07, 6.45) is 3.78. The maximum Gasteiger partial charge on any atom is 0.126 e. The van der Waals surface area contributed by atoms with Gasteiger partial charge >= 0.3 is 0 Å². The molecule has 0 aliphatic heterocycles. The Balaban J connectivity index is 1.92. The van der Waals surface area contributed by atoms with Crippen molar-refractivity contribution in [2.24, 2.45) is 16.7 Å². The summed E-state index contributed by atoms with van der Waals surface area (Å²) in [6, 6.07) is 6.87. The number of hydrogen-bond acceptors (Lipinski definition) is 2. The molecule has 0 radical (unpaired) electrons. The van der Waals surface area contributed by atoms with E-state index in [-0.39, 0.29) is 16.6 Å². The topological polar surface area (TPSA) is 35.8 Å². The quantitative estimate of drug-likeness (QED) is 0.870. The molecule has 0 spiro atoms. The summed E-state index contributed by atoms with van der Waals surface area (Å²) in [5, 5.41) is 12.5. The minimum Gasteiger partial charge on any atom is -0.381 e. The van der Waals surface area contributed by atoms with Crippen LogP contribution in [-0.2, 0) is 0 Å². The number of anilines is 1. The smallest absolute Gasteiger partial charge is 0.126 e. The molecular weight excluding hydrogens is 251 g/mol. The zero-order valence-corrected chi connectivity index (χ0v) is 12.3. The first kappa shape index (κ1) is 13.4. The predicted octanol–water partition coefficient (Wildman–Crippen LogP) is 4.32. The second kappa shape index (κ2) is 4.22. The third-order valence-electron chi connectivity index (χ3n) is 5.61. The number of fused-ring (bicyclic) bond motifs is 2. The molecule has 1 aromatic carbocycles. The molecule has 0 saturated heterocycles. The second-order valence-corrected chi connectivity index (χ2v) is 7.33. The van der Waals surface area contributed by atoms with Crippen LogP contribution >= 0.6 is 0 Å². The van der Waals surface area contributed by atoms with E-state index in [0.29, 0.717) is 11.6 Å². The van der Waals surface area contributed by atoms with Crippen molar-refractivity contribution in [2.75, 3.05) is 5.32 Å². The molecule has 3 heteroatoms. The molecule has 106 valence electrons. The van der Waals surface area contributed by atoms with E-state index >= 15 is 0 Å². The van der Waals surface area contributed by atoms with E-state index < -0.39 is 0 Å². The number of benzene rings is 1. The zero-order chi connectivity index (χ0) is 14.5. The first-order valence-electron chi connectivity index (χ1n) is 7.32. The Labute approximate surface area is 120 Å². The highest BCUT2D eigenvalue weighted by Gasteiger charge is 2.59. The van der Waals surface area contributed by atoms with E-state index in [9.17, 15) is 4.39 Å². The highest BCUT2D eigenvalue weighted by Crippen LogP contribution is 2.63. The number of hydrogen-bond donors (Lipinski definition) is 1. The molecule has 20 heavy (non-hydrogen) atoms. The molecule has 2 fully saturated rings. The van der Waals surface area contributed by atoms with Gasteiger partial charge in [0.25, 0.3) is 0 Å². The van der Waals surface area contributed by atoms with Crippen LogP contribution in [0.1, 0.15) is 45.6 Å². The molecule has 2 saturated carbocycles. The highest BCUT2D eigenvalue weighted by atomic mass is 19.1. The molecule has 3 unspecified atom stereocenters. The van der Waals surface area contributed by atoms with Gasteiger partial charge in [-0.3, -0.25) is 0 Å². The van der Waals surface area contributed by atoms with Gasteiger partial charge in [-0.2, -0.15) is 5.26 Å². The van der Waals surface area contributed by atoms with Gasteiger partial charge < -0.3 is 5.32 Å². The Hall–Kier alpha value is -1.56. The van der Waals surface area contributed by atoms with Gasteiger partial charge in [-0.25, -0.2) is 4.39 Å². The first-order chi connectivity index (χ1) is 9.35. The van der Waals surface area contributed by atoms with Crippen LogP contribution in [0.15, 0.2) is 18.2 Å². The monoisotopic (exact) mass is 272 g/mol. The average Bonchev–Trinajstić information content (AvgIpc) is 2.85. The lowest BCUT2D eigenvalue weighted by Crippen LogP contribution is -2.45. The van der Waals surface area contributed by atoms with Crippen LogP contribution in [0.2, 0.25) is 0 Å². The van der Waals surface area contributed by atoms with Gasteiger partial charge in [-0.1, -0.05) is 20.8 Å². The van der Waals surface area contributed by atoms with Crippen molar-refractivity contribution >= 4 is 5.69 Å². The summed E-state index contributed by atoms with van der Waals surface area (Å²) in [6.45, 7) is 6.96. The van der Waals surface area contributed by atoms with E-state index in [2.05, 4.69) is 26.1 Å². The Kier molecular flexibility index (Phi) is 2.83. The lowest BCUT2D eigenvalue weighted by Gasteiger charge is -2.43. The van der Waals surface area contributed by atoms with Gasteiger partial charge in [0, 0.05) is 11.7 Å². The number of rotatable bonds is 2. The normalized spacial score (nSPS) is 34.0. The third kappa shape index (κ3) is 1.90. The minimum atomic E-state index is -0.349. The molecule has 1 aromatic rings. The zero-order valence-electron chi connectivity index (χ0n) is 12.3. The Morgan fingerprint density at radius 1 is 1.30 bits per heavy atom. The number of nitrogens with one attached hydrogen (secondary N) is 1. The maximum absolute atomic E-state index is 13.6. The van der Waals surface area contributed by atoms with Gasteiger partial charge in [-0.15, -0.1) is 0 Å². The third-order valence-corrected chi connectivity index (χ3v) is 5.61. The van der Waals surface area contributed by atoms with Gasteiger partial charge in [0.1, 0.15) is 5.82 Å². The van der Waals surface area contributed by atoms with Crippen molar-refractivity contribution < 1.29 is 4.39 Å². The largest absolute Gasteiger partial charge is 0.381 e. The molecule has 2 bridgehead atoms. The van der Waals surface area contributed by atoms with Crippen molar-refractivity contribution in [3.05, 3.63) is 29.6 Å². The summed E-state index contributed by atoms with van der Waals surface area (Å²) in [5.74, 6) is 0.395. The standard InChI is InChI=1S/C17H21FN2/c1-16(2)12-4-5-17(3,9-12)15(16)20-14-7-11(10-19)6-13(18)8-14/h6-8,12,15,20H,4-5,9H2,1-3H3. The summed E-state index contributed by atoms with van der Waals surface area (Å²) in [5.41, 5.74) is 1.60. The Morgan fingerprint density at radius 2 is 2.05 bits per heavy atom. The summed E-state index contributed by atoms with van der Waals surface area (Å²) in [4.78, 5) is 0. The van der Waals surface area contributed by atoms with E-state index in [1.165, 1.54) is 31.4 Å². The molecule has 2 aliphatic rings. The summed E-state index contributed by atoms with van der Waals surface area (Å²) in [7, 11) is 0. The molecule has 0 amide bonds. The van der Waals surface area contributed by atoms with Gasteiger partial charge in [0.05, 0.1) is 11.6 Å². The van der Waals surface area contributed by atoms with Crippen LogP contribution in [0, 0.1) is 33.9 Å². The molecule has 2 nitrogen and oxygen atoms in total. The molecular formula is C17H21FN2. The maximum atomic E-state index is 13.6. The van der Waals surface area contributed by atoms with Crippen LogP contribution < -0.4 is 5.32 Å². The minimum absolute atomic E-state index is 0.214. The average molecular weight is 272 g/mol. The fraction of sp³-hybridized carbons (Fsp3) is 0.588. The Bertz CT molecular complexity index is 582. The number of halogens is 1. The summed E-state index contributed by atoms with van der Waals surface area (Å²) >= 11 is 0. The first-order valence-corrected chi connectivity index (χ1v) is 7.32. The molecule has 1 N–H and O–H groups in total. The fourth-order valence-electron chi connectivity index (χ4n) is 4.57. The molecule has 3 atom stereocenters. The van der Waals surface area contributed by atoms with E-state index in [1.54, 1.807) is 6.07 Å². The van der Waals surface area contributed by atoms with Gasteiger partial charge in [0.15, 0.2) is 0 Å². The predicted molar refractivity (Wildman–Crippen MR) is 77.8 cm³/mol. The van der Waals surface area contributed by atoms with Crippen LogP contribution in [0.4, 0.5) is 10.1 Å². The van der Waals surface area contributed by atoms with E-state index in [0.717, 1.165) is 11.6 Å². The SMILES string of the molecule is CC12CCC(C1)C(C)(C)C2Nc1cc(F)cc(C#N)c1. The second-order valence-electron chi connectivity index (χ2n) is 7.33. The molecule has 0 aromatic heterocycles. The van der Waals surface area contributed by atoms with Crippen LogP contribution in [-0.4, -0.2) is 6.04 Å². The van der Waals surface area contributed by atoms with Crippen molar-refractivity contribution in [3.8, 4) is 6.07 Å². The van der Waals surface area contributed by atoms with E-state index in [4.69, 9.17) is 5.26 Å². The number of nitrogens with zero attached hydrogens (tertiary/aromatic N) is 1. The van der Waals surface area contributed by atoms with Gasteiger partial charge in [-0.05, 0) is 54.2 Å². The Morgan fingerprint density at radius 3 is 2.65 bits per heavy atom. The van der Waals surface area contributed by atoms with Crippen LogP contribution in [0.5, 0.6) is 0 Å². The van der Waals surface area contributed by atoms with E-state index in [1.807, 2.05) is 6.07 Å². The van der Waals surface area contributed by atoms with Crippen molar-refractivity contribution in [1.29, 1.82) is 5.26 Å². The van der Waals surface area contributed by atoms with Crippen molar-refractivity contribution in [2.45, 2.75) is 46.1 Å². The highest BCUT2D eigenvalue weighted by molar-refractivity contribution is 5.51. The lowest BCUT2D eigenvalue weighted by molar-refractivity contribution is 0.155. The molecule has 3 rings (SSSR count). The fourth-order valence-corrected chi connectivity index (χ4v) is 4.57. The van der Waals surface area contributed by atoms with Crippen molar-refractivity contribution in [3.63, 3.8) is 0 Å². The lowest BCUT2D eigenvalue weighted by atomic mass is 9.68. The molecule has 0 heterocycles. The van der Waals surface area contributed by atoms with Crippen LogP contribution in [0.3, 0.4) is 0 Å².